The number of nitrogens with one attached hydrogen (secondary N) is 1. The normalized spacial score (nSPS) is 19.6. The van der Waals surface area contributed by atoms with E-state index in [0.717, 1.165) is 21.8 Å². The van der Waals surface area contributed by atoms with E-state index in [9.17, 15) is 4.79 Å². The van der Waals surface area contributed by atoms with Crippen molar-refractivity contribution in [1.82, 2.24) is 9.88 Å². The summed E-state index contributed by atoms with van der Waals surface area (Å²) < 4.78 is 5.09. The first-order valence-corrected chi connectivity index (χ1v) is 9.13. The van der Waals surface area contributed by atoms with E-state index in [1.54, 1.807) is 7.11 Å². The largest absolute Gasteiger partial charge is 0.375 e. The Kier molecular flexibility index (Phi) is 4.47. The molecular formula is C21H21ClN2O2. The predicted molar refractivity (Wildman–Crippen MR) is 104 cm³/mol. The van der Waals surface area contributed by atoms with Crippen LogP contribution in [0.1, 0.15) is 35.7 Å². The Hall–Kier alpha value is -2.30. The standard InChI is InChI=1S/C21H21ClN2O2/c1-13-21-20(15-8-4-6-10-18(15)23-21)16(11-24(13)19(25)12-26-2)14-7-3-5-9-17(14)22/h3-10,13,16,23H,11-12H2,1-2H3. The lowest BCUT2D eigenvalue weighted by molar-refractivity contribution is -0.138. The fourth-order valence-corrected chi connectivity index (χ4v) is 4.29. The van der Waals surface area contributed by atoms with Crippen molar-refractivity contribution >= 4 is 28.4 Å². The van der Waals surface area contributed by atoms with Crippen LogP contribution in [0.3, 0.4) is 0 Å². The van der Waals surface area contributed by atoms with Crippen LogP contribution in [0.2, 0.25) is 5.02 Å². The second kappa shape index (κ2) is 6.78. The van der Waals surface area contributed by atoms with Gasteiger partial charge in [0.25, 0.3) is 0 Å². The molecule has 0 fully saturated rings. The van der Waals surface area contributed by atoms with Gasteiger partial charge in [0.1, 0.15) is 6.61 Å². The molecule has 1 aliphatic heterocycles. The van der Waals surface area contributed by atoms with Gasteiger partial charge in [-0.15, -0.1) is 0 Å². The third kappa shape index (κ3) is 2.70. The van der Waals surface area contributed by atoms with Gasteiger partial charge in [-0.25, -0.2) is 0 Å². The van der Waals surface area contributed by atoms with Crippen LogP contribution in [0, 0.1) is 0 Å². The summed E-state index contributed by atoms with van der Waals surface area (Å²) in [6, 6.07) is 16.1. The first-order chi connectivity index (χ1) is 12.6. The molecule has 0 spiro atoms. The van der Waals surface area contributed by atoms with Gasteiger partial charge in [0.2, 0.25) is 5.91 Å². The summed E-state index contributed by atoms with van der Waals surface area (Å²) in [4.78, 5) is 18.1. The molecular weight excluding hydrogens is 348 g/mol. The summed E-state index contributed by atoms with van der Waals surface area (Å²) >= 11 is 6.53. The highest BCUT2D eigenvalue weighted by Gasteiger charge is 2.37. The average Bonchev–Trinajstić information content (AvgIpc) is 3.03. The number of methoxy groups -OCH3 is 1. The number of ether oxygens (including phenoxy) is 1. The Morgan fingerprint density at radius 3 is 2.73 bits per heavy atom. The molecule has 0 bridgehead atoms. The van der Waals surface area contributed by atoms with Crippen LogP contribution in [-0.2, 0) is 9.53 Å². The van der Waals surface area contributed by atoms with Crippen molar-refractivity contribution in [3.63, 3.8) is 0 Å². The number of fused-ring (bicyclic) bond motifs is 3. The molecule has 134 valence electrons. The molecule has 0 saturated heterocycles. The van der Waals surface area contributed by atoms with Gasteiger partial charge in [-0.05, 0) is 30.2 Å². The number of para-hydroxylation sites is 1. The second-order valence-corrected chi connectivity index (χ2v) is 7.13. The van der Waals surface area contributed by atoms with E-state index in [4.69, 9.17) is 16.3 Å². The minimum atomic E-state index is -0.0428. The number of hydrogen-bond donors (Lipinski definition) is 1. The minimum absolute atomic E-state index is 0.0126. The number of aromatic amines is 1. The topological polar surface area (TPSA) is 45.3 Å². The van der Waals surface area contributed by atoms with Crippen LogP contribution >= 0.6 is 11.6 Å². The molecule has 2 aromatic carbocycles. The number of nitrogens with zero attached hydrogens (tertiary/aromatic N) is 1. The number of rotatable bonds is 3. The Balaban J connectivity index is 1.92. The van der Waals surface area contributed by atoms with Crippen molar-refractivity contribution in [2.24, 2.45) is 0 Å². The zero-order valence-electron chi connectivity index (χ0n) is 14.8. The van der Waals surface area contributed by atoms with Crippen LogP contribution in [-0.4, -0.2) is 36.1 Å². The summed E-state index contributed by atoms with van der Waals surface area (Å²) in [6.45, 7) is 2.72. The van der Waals surface area contributed by atoms with E-state index in [1.807, 2.05) is 41.3 Å². The molecule has 0 aliphatic carbocycles. The van der Waals surface area contributed by atoms with Gasteiger partial charge in [0.15, 0.2) is 0 Å². The van der Waals surface area contributed by atoms with Crippen molar-refractivity contribution in [3.05, 3.63) is 70.4 Å². The monoisotopic (exact) mass is 368 g/mol. The van der Waals surface area contributed by atoms with Gasteiger partial charge < -0.3 is 14.6 Å². The lowest BCUT2D eigenvalue weighted by atomic mass is 9.83. The summed E-state index contributed by atoms with van der Waals surface area (Å²) in [6.07, 6.45) is 0. The van der Waals surface area contributed by atoms with Gasteiger partial charge >= 0.3 is 0 Å². The fourth-order valence-electron chi connectivity index (χ4n) is 4.03. The number of halogens is 1. The first-order valence-electron chi connectivity index (χ1n) is 8.75. The van der Waals surface area contributed by atoms with Crippen molar-refractivity contribution in [3.8, 4) is 0 Å². The first kappa shape index (κ1) is 17.1. The maximum absolute atomic E-state index is 12.6. The van der Waals surface area contributed by atoms with Crippen molar-refractivity contribution in [1.29, 1.82) is 0 Å². The van der Waals surface area contributed by atoms with Gasteiger partial charge in [-0.1, -0.05) is 48.0 Å². The predicted octanol–water partition coefficient (Wildman–Crippen LogP) is 4.50. The van der Waals surface area contributed by atoms with Gasteiger partial charge in [0, 0.05) is 41.2 Å². The molecule has 4 nitrogen and oxygen atoms in total. The van der Waals surface area contributed by atoms with E-state index in [-0.39, 0.29) is 24.5 Å². The number of benzene rings is 2. The molecule has 0 radical (unpaired) electrons. The zero-order chi connectivity index (χ0) is 18.3. The smallest absolute Gasteiger partial charge is 0.249 e. The third-order valence-corrected chi connectivity index (χ3v) is 5.60. The molecule has 0 saturated carbocycles. The SMILES string of the molecule is COCC(=O)N1CC(c2ccccc2Cl)c2c([nH]c3ccccc23)C1C. The molecule has 1 aliphatic rings. The molecule has 1 N–H and O–H groups in total. The number of carbonyl (C=O) groups excluding carboxylic acids is 1. The third-order valence-electron chi connectivity index (χ3n) is 5.26. The molecule has 2 atom stereocenters. The van der Waals surface area contributed by atoms with Crippen LogP contribution in [0.5, 0.6) is 0 Å². The van der Waals surface area contributed by atoms with Crippen LogP contribution in [0.4, 0.5) is 0 Å². The summed E-state index contributed by atoms with van der Waals surface area (Å²) in [5.41, 5.74) is 4.44. The molecule has 2 heterocycles. The van der Waals surface area contributed by atoms with Gasteiger partial charge in [0.05, 0.1) is 6.04 Å². The Bertz CT molecular complexity index is 966. The number of amides is 1. The zero-order valence-corrected chi connectivity index (χ0v) is 15.6. The Morgan fingerprint density at radius 2 is 1.96 bits per heavy atom. The number of carbonyl (C=O) groups is 1. The van der Waals surface area contributed by atoms with Crippen molar-refractivity contribution < 1.29 is 9.53 Å². The molecule has 5 heteroatoms. The quantitative estimate of drug-likeness (QED) is 0.739. The molecule has 1 amide bonds. The van der Waals surface area contributed by atoms with Gasteiger partial charge in [-0.2, -0.15) is 0 Å². The van der Waals surface area contributed by atoms with Crippen LogP contribution in [0.25, 0.3) is 10.9 Å². The Morgan fingerprint density at radius 1 is 1.23 bits per heavy atom. The van der Waals surface area contributed by atoms with Crippen molar-refractivity contribution in [2.45, 2.75) is 18.9 Å². The van der Waals surface area contributed by atoms with E-state index < -0.39 is 0 Å². The molecule has 4 rings (SSSR count). The minimum Gasteiger partial charge on any atom is -0.375 e. The number of aromatic nitrogens is 1. The highest BCUT2D eigenvalue weighted by Crippen LogP contribution is 2.44. The molecule has 26 heavy (non-hydrogen) atoms. The summed E-state index contributed by atoms with van der Waals surface area (Å²) in [5, 5.41) is 1.92. The fraction of sp³-hybridized carbons (Fsp3) is 0.286. The lowest BCUT2D eigenvalue weighted by Crippen LogP contribution is -2.42. The van der Waals surface area contributed by atoms with E-state index in [1.165, 1.54) is 10.9 Å². The average molecular weight is 369 g/mol. The van der Waals surface area contributed by atoms with Gasteiger partial charge in [-0.3, -0.25) is 4.79 Å². The Labute approximate surface area is 157 Å². The maximum Gasteiger partial charge on any atom is 0.249 e. The number of H-pyrrole nitrogens is 1. The summed E-state index contributed by atoms with van der Waals surface area (Å²) in [7, 11) is 1.55. The highest BCUT2D eigenvalue weighted by atomic mass is 35.5. The molecule has 1 aromatic heterocycles. The second-order valence-electron chi connectivity index (χ2n) is 6.73. The number of hydrogen-bond acceptors (Lipinski definition) is 2. The molecule has 2 unspecified atom stereocenters. The highest BCUT2D eigenvalue weighted by molar-refractivity contribution is 6.31. The molecule has 3 aromatic rings. The maximum atomic E-state index is 12.6. The van der Waals surface area contributed by atoms with E-state index >= 15 is 0 Å². The van der Waals surface area contributed by atoms with Crippen molar-refractivity contribution in [2.75, 3.05) is 20.3 Å². The van der Waals surface area contributed by atoms with Crippen LogP contribution < -0.4 is 0 Å². The lowest BCUT2D eigenvalue weighted by Gasteiger charge is -2.38. The van der Waals surface area contributed by atoms with E-state index in [0.29, 0.717) is 6.54 Å². The van der Waals surface area contributed by atoms with E-state index in [2.05, 4.69) is 24.0 Å². The van der Waals surface area contributed by atoms with Crippen LogP contribution in [0.15, 0.2) is 48.5 Å². The summed E-state index contributed by atoms with van der Waals surface area (Å²) in [5.74, 6) is 0.00761.